The van der Waals surface area contributed by atoms with Gasteiger partial charge in [-0.3, -0.25) is 4.79 Å². The van der Waals surface area contributed by atoms with Crippen molar-refractivity contribution in [1.82, 2.24) is 0 Å². The number of nitrogens with one attached hydrogen (secondary N) is 1. The van der Waals surface area contributed by atoms with Crippen molar-refractivity contribution in [3.63, 3.8) is 0 Å². The molecular weight excluding hydrogens is 272 g/mol. The van der Waals surface area contributed by atoms with Gasteiger partial charge in [0.25, 0.3) is 0 Å². The van der Waals surface area contributed by atoms with Crippen LogP contribution in [0, 0.1) is 11.3 Å². The first-order valence-electron chi connectivity index (χ1n) is 6.78. The maximum atomic E-state index is 11.8. The minimum atomic E-state index is -0.0486. The number of hydrogen-bond donors (Lipinski definition) is 1. The molecule has 1 unspecified atom stereocenters. The Balaban J connectivity index is 1.68. The average Bonchev–Trinajstić information content (AvgIpc) is 2.97. The Labute approximate surface area is 123 Å². The Morgan fingerprint density at radius 3 is 3.10 bits per heavy atom. The molecule has 20 heavy (non-hydrogen) atoms. The van der Waals surface area contributed by atoms with E-state index in [1.54, 1.807) is 30.0 Å². The number of nitrogens with zero attached hydrogens (tertiary/aromatic N) is 1. The molecule has 2 rings (SSSR count). The van der Waals surface area contributed by atoms with Crippen LogP contribution in [0.5, 0.6) is 0 Å². The molecule has 1 aromatic carbocycles. The fourth-order valence-corrected chi connectivity index (χ4v) is 3.08. The number of carbonyl (C=O) groups is 1. The third-order valence-electron chi connectivity index (χ3n) is 3.12. The smallest absolute Gasteiger partial charge is 0.225 e. The zero-order valence-corrected chi connectivity index (χ0v) is 12.1. The quantitative estimate of drug-likeness (QED) is 0.818. The van der Waals surface area contributed by atoms with Crippen molar-refractivity contribution in [2.75, 3.05) is 23.4 Å². The lowest BCUT2D eigenvalue weighted by Gasteiger charge is -2.09. The zero-order valence-electron chi connectivity index (χ0n) is 11.3. The lowest BCUT2D eigenvalue weighted by molar-refractivity contribution is -0.115. The second kappa shape index (κ2) is 7.93. The predicted molar refractivity (Wildman–Crippen MR) is 80.7 cm³/mol. The summed E-state index contributed by atoms with van der Waals surface area (Å²) < 4.78 is 5.53. The van der Waals surface area contributed by atoms with E-state index in [4.69, 9.17) is 10.00 Å². The van der Waals surface area contributed by atoms with Crippen LogP contribution in [0.15, 0.2) is 24.3 Å². The molecule has 5 heteroatoms. The summed E-state index contributed by atoms with van der Waals surface area (Å²) in [6.07, 6.45) is 3.10. The van der Waals surface area contributed by atoms with Crippen molar-refractivity contribution in [2.24, 2.45) is 0 Å². The number of hydrogen-bond acceptors (Lipinski definition) is 4. The van der Waals surface area contributed by atoms with Crippen LogP contribution in [-0.4, -0.2) is 30.1 Å². The number of amides is 1. The van der Waals surface area contributed by atoms with Crippen LogP contribution in [-0.2, 0) is 9.53 Å². The lowest BCUT2D eigenvalue weighted by Crippen LogP contribution is -2.14. The van der Waals surface area contributed by atoms with Gasteiger partial charge in [-0.2, -0.15) is 17.0 Å². The third kappa shape index (κ3) is 4.55. The first-order valence-corrected chi connectivity index (χ1v) is 7.93. The Morgan fingerprint density at radius 2 is 2.35 bits per heavy atom. The molecule has 106 valence electrons. The van der Waals surface area contributed by atoms with Crippen molar-refractivity contribution in [2.45, 2.75) is 25.4 Å². The second-order valence-electron chi connectivity index (χ2n) is 4.67. The lowest BCUT2D eigenvalue weighted by atomic mass is 10.2. The fraction of sp³-hybridized carbons (Fsp3) is 0.467. The van der Waals surface area contributed by atoms with Gasteiger partial charge in [0.15, 0.2) is 0 Å². The number of carbonyl (C=O) groups excluding carboxylic acids is 1. The summed E-state index contributed by atoms with van der Waals surface area (Å²) in [5, 5.41) is 11.7. The number of nitriles is 1. The Bertz CT molecular complexity index is 493. The molecule has 1 aliphatic heterocycles. The summed E-state index contributed by atoms with van der Waals surface area (Å²) >= 11 is 1.75. The second-order valence-corrected chi connectivity index (χ2v) is 5.82. The number of anilines is 1. The number of benzene rings is 1. The van der Waals surface area contributed by atoms with Gasteiger partial charge in [-0.1, -0.05) is 12.1 Å². The van der Waals surface area contributed by atoms with Gasteiger partial charge in [0, 0.05) is 24.5 Å². The van der Waals surface area contributed by atoms with E-state index in [2.05, 4.69) is 11.4 Å². The van der Waals surface area contributed by atoms with Gasteiger partial charge >= 0.3 is 0 Å². The summed E-state index contributed by atoms with van der Waals surface area (Å²) in [6, 6.07) is 9.10. The van der Waals surface area contributed by atoms with E-state index in [1.165, 1.54) is 0 Å². The highest BCUT2D eigenvalue weighted by molar-refractivity contribution is 7.99. The van der Waals surface area contributed by atoms with Crippen LogP contribution < -0.4 is 5.32 Å². The molecule has 1 N–H and O–H groups in total. The van der Waals surface area contributed by atoms with Crippen LogP contribution in [0.3, 0.4) is 0 Å². The minimum absolute atomic E-state index is 0.0486. The van der Waals surface area contributed by atoms with Crippen LogP contribution in [0.2, 0.25) is 0 Å². The van der Waals surface area contributed by atoms with Crippen molar-refractivity contribution < 1.29 is 9.53 Å². The Morgan fingerprint density at radius 1 is 1.50 bits per heavy atom. The Kier molecular flexibility index (Phi) is 5.90. The molecule has 0 radical (unpaired) electrons. The van der Waals surface area contributed by atoms with Crippen molar-refractivity contribution >= 4 is 23.4 Å². The van der Waals surface area contributed by atoms with Gasteiger partial charge in [0.2, 0.25) is 5.91 Å². The molecule has 4 nitrogen and oxygen atoms in total. The normalized spacial score (nSPS) is 17.6. The number of ether oxygens (including phenoxy) is 1. The Hall–Kier alpha value is -1.51. The summed E-state index contributed by atoms with van der Waals surface area (Å²) in [6.45, 7) is 0.872. The zero-order chi connectivity index (χ0) is 14.2. The molecular formula is C15H18N2O2S. The van der Waals surface area contributed by atoms with Crippen LogP contribution in [0.4, 0.5) is 5.69 Å². The summed E-state index contributed by atoms with van der Waals surface area (Å²) in [5.74, 6) is 1.69. The maximum absolute atomic E-state index is 11.8. The standard InChI is InChI=1S/C15H18N2O2S/c16-10-12-4-1-2-6-14(12)17-15(18)7-9-20-11-13-5-3-8-19-13/h1-2,4,6,13H,3,5,7-9,11H2,(H,17,18). The van der Waals surface area contributed by atoms with E-state index >= 15 is 0 Å². The number of para-hydroxylation sites is 1. The van der Waals surface area contributed by atoms with E-state index in [-0.39, 0.29) is 5.91 Å². The highest BCUT2D eigenvalue weighted by Crippen LogP contribution is 2.18. The third-order valence-corrected chi connectivity index (χ3v) is 4.22. The van der Waals surface area contributed by atoms with Gasteiger partial charge in [0.1, 0.15) is 6.07 Å². The summed E-state index contributed by atoms with van der Waals surface area (Å²) in [5.41, 5.74) is 1.08. The molecule has 1 fully saturated rings. The van der Waals surface area contributed by atoms with E-state index < -0.39 is 0 Å². The summed E-state index contributed by atoms with van der Waals surface area (Å²) in [4.78, 5) is 11.8. The molecule has 0 aliphatic carbocycles. The first-order chi connectivity index (χ1) is 9.79. The van der Waals surface area contributed by atoms with Gasteiger partial charge in [-0.05, 0) is 25.0 Å². The molecule has 0 saturated carbocycles. The van der Waals surface area contributed by atoms with Crippen LogP contribution >= 0.6 is 11.8 Å². The highest BCUT2D eigenvalue weighted by atomic mass is 32.2. The molecule has 1 amide bonds. The van der Waals surface area contributed by atoms with Crippen LogP contribution in [0.1, 0.15) is 24.8 Å². The van der Waals surface area contributed by atoms with E-state index in [0.29, 0.717) is 23.8 Å². The minimum Gasteiger partial charge on any atom is -0.377 e. The molecule has 1 atom stereocenters. The van der Waals surface area contributed by atoms with Gasteiger partial charge in [-0.25, -0.2) is 0 Å². The topological polar surface area (TPSA) is 62.1 Å². The first kappa shape index (κ1) is 14.9. The van der Waals surface area contributed by atoms with E-state index in [0.717, 1.165) is 31.0 Å². The molecule has 1 aliphatic rings. The molecule has 1 heterocycles. The average molecular weight is 290 g/mol. The molecule has 1 saturated heterocycles. The highest BCUT2D eigenvalue weighted by Gasteiger charge is 2.15. The van der Waals surface area contributed by atoms with Gasteiger partial charge in [-0.15, -0.1) is 0 Å². The molecule has 1 aromatic rings. The number of thioether (sulfide) groups is 1. The van der Waals surface area contributed by atoms with Crippen LogP contribution in [0.25, 0.3) is 0 Å². The van der Waals surface area contributed by atoms with E-state index in [1.807, 2.05) is 6.07 Å². The SMILES string of the molecule is N#Cc1ccccc1NC(=O)CCSCC1CCCO1. The molecule has 0 bridgehead atoms. The van der Waals surface area contributed by atoms with Gasteiger partial charge in [0.05, 0.1) is 17.4 Å². The maximum Gasteiger partial charge on any atom is 0.225 e. The van der Waals surface area contributed by atoms with E-state index in [9.17, 15) is 4.79 Å². The fourth-order valence-electron chi connectivity index (χ4n) is 2.06. The predicted octanol–water partition coefficient (Wildman–Crippen LogP) is 2.80. The van der Waals surface area contributed by atoms with Gasteiger partial charge < -0.3 is 10.1 Å². The van der Waals surface area contributed by atoms with Crippen molar-refractivity contribution in [3.8, 4) is 6.07 Å². The monoisotopic (exact) mass is 290 g/mol. The van der Waals surface area contributed by atoms with Crippen molar-refractivity contribution in [1.29, 1.82) is 5.26 Å². The van der Waals surface area contributed by atoms with Crippen molar-refractivity contribution in [3.05, 3.63) is 29.8 Å². The largest absolute Gasteiger partial charge is 0.377 e. The molecule has 0 aromatic heterocycles. The summed E-state index contributed by atoms with van der Waals surface area (Å²) in [7, 11) is 0. The molecule has 0 spiro atoms. The number of rotatable bonds is 6.